The molecule has 0 unspecified atom stereocenters. The first-order valence-corrected chi connectivity index (χ1v) is 39.5. The minimum Gasteiger partial charge on any atom is -0.508 e. The predicted octanol–water partition coefficient (Wildman–Crippen LogP) is 24.9. The van der Waals surface area contributed by atoms with Crippen molar-refractivity contribution in [1.82, 2.24) is 0 Å². The summed E-state index contributed by atoms with van der Waals surface area (Å²) in [4.78, 5) is 64.5. The molecule has 110 heavy (non-hydrogen) atoms. The maximum absolute atomic E-state index is 13.1. The van der Waals surface area contributed by atoms with E-state index in [4.69, 9.17) is 8.83 Å². The van der Waals surface area contributed by atoms with Crippen molar-refractivity contribution in [2.45, 2.75) is 100 Å². The maximum atomic E-state index is 13.1. The van der Waals surface area contributed by atoms with Crippen molar-refractivity contribution in [2.24, 2.45) is 0 Å². The molecule has 10 aromatic carbocycles. The summed E-state index contributed by atoms with van der Waals surface area (Å²) in [5, 5.41) is 69.2. The van der Waals surface area contributed by atoms with Gasteiger partial charge in [-0.05, 0) is 302 Å². The first kappa shape index (κ1) is 82.8. The van der Waals surface area contributed by atoms with E-state index in [0.717, 1.165) is 104 Å². The first-order chi connectivity index (χ1) is 52.0. The lowest BCUT2D eigenvalue weighted by Gasteiger charge is -2.10. The molecular weight excluding hydrogens is 1780 g/mol. The van der Waals surface area contributed by atoms with Crippen LogP contribution in [-0.4, -0.2) is 64.7 Å². The molecule has 7 N–H and O–H groups in total. The molecule has 0 saturated carbocycles. The van der Waals surface area contributed by atoms with Crippen LogP contribution in [0.5, 0.6) is 40.2 Å². The number of carbonyl (C=O) groups excluding carboxylic acids is 5. The molecule has 0 saturated heterocycles. The van der Waals surface area contributed by atoms with E-state index < -0.39 is 0 Å². The summed E-state index contributed by atoms with van der Waals surface area (Å²) in [7, 11) is 0. The number of benzene rings is 10. The van der Waals surface area contributed by atoms with Crippen molar-refractivity contribution in [3.63, 3.8) is 0 Å². The number of aryl methyl sites for hydroxylation is 2. The Balaban J connectivity index is 0.000000146. The number of rotatable bonds is 14. The Morgan fingerprint density at radius 2 is 0.764 bits per heavy atom. The lowest BCUT2D eigenvalue weighted by atomic mass is 9.95. The largest absolute Gasteiger partial charge is 0.508 e. The topological polar surface area (TPSA) is 253 Å². The van der Waals surface area contributed by atoms with Gasteiger partial charge in [0, 0.05) is 67.6 Å². The van der Waals surface area contributed by atoms with Crippen LogP contribution in [-0.2, 0) is 25.7 Å². The summed E-state index contributed by atoms with van der Waals surface area (Å²) in [6, 6.07) is 54.1. The number of phenols is 7. The number of hydrogen-bond acceptors (Lipinski definition) is 14. The fraction of sp³-hybridized carbons (Fsp3) is 0.167. The quantitative estimate of drug-likeness (QED) is 0.0500. The van der Waals surface area contributed by atoms with Crippen LogP contribution in [0.25, 0.3) is 38.7 Å². The molecule has 0 aliphatic heterocycles. The van der Waals surface area contributed by atoms with Crippen LogP contribution in [0.1, 0.15) is 181 Å². The average Bonchev–Trinajstić information content (AvgIpc) is 1.63. The zero-order valence-corrected chi connectivity index (χ0v) is 69.5. The minimum absolute atomic E-state index is 0. The molecule has 0 radical (unpaired) electrons. The predicted molar refractivity (Wildman–Crippen MR) is 455 cm³/mol. The Hall–Kier alpha value is -9.67. The molecule has 12 aromatic rings. The summed E-state index contributed by atoms with van der Waals surface area (Å²) < 4.78 is 14.6. The molecule has 3 aliphatic rings. The van der Waals surface area contributed by atoms with Crippen molar-refractivity contribution in [1.29, 1.82) is 0 Å². The molecule has 0 bridgehead atoms. The van der Waals surface area contributed by atoms with Crippen LogP contribution < -0.4 is 0 Å². The van der Waals surface area contributed by atoms with Crippen LogP contribution in [0.3, 0.4) is 0 Å². The average molecular weight is 1860 g/mol. The van der Waals surface area contributed by atoms with Crippen molar-refractivity contribution >= 4 is 163 Å². The van der Waals surface area contributed by atoms with Gasteiger partial charge in [0.25, 0.3) is 0 Å². The van der Waals surface area contributed by atoms with Crippen LogP contribution >= 0.6 is 95.6 Å². The van der Waals surface area contributed by atoms with Crippen molar-refractivity contribution in [3.05, 3.63) is 321 Å². The lowest BCUT2D eigenvalue weighted by Crippen LogP contribution is -2.05. The van der Waals surface area contributed by atoms with Gasteiger partial charge >= 0.3 is 0 Å². The second-order valence-electron chi connectivity index (χ2n) is 26.5. The van der Waals surface area contributed by atoms with Crippen molar-refractivity contribution in [2.75, 3.05) is 0 Å². The van der Waals surface area contributed by atoms with Gasteiger partial charge in [-0.25, -0.2) is 0 Å². The molecule has 2 aromatic heterocycles. The van der Waals surface area contributed by atoms with E-state index in [2.05, 4.69) is 102 Å². The van der Waals surface area contributed by atoms with Crippen LogP contribution in [0.4, 0.5) is 0 Å². The number of hydrogen-bond donors (Lipinski definition) is 7. The van der Waals surface area contributed by atoms with E-state index in [0.29, 0.717) is 100 Å². The monoisotopic (exact) mass is 1850 g/mol. The molecule has 3 aliphatic carbocycles. The Labute approximate surface area is 687 Å². The highest BCUT2D eigenvalue weighted by Crippen LogP contribution is 2.44. The smallest absolute Gasteiger partial charge is 0.197 e. The molecule has 2 heterocycles. The third-order valence-corrected chi connectivity index (χ3v) is 22.5. The third-order valence-electron chi connectivity index (χ3n) is 18.9. The summed E-state index contributed by atoms with van der Waals surface area (Å²) in [5.74, 6) is 1.91. The highest BCUT2D eigenvalue weighted by atomic mass is 79.9. The second kappa shape index (κ2) is 35.6. The fourth-order valence-electron chi connectivity index (χ4n) is 13.4. The molecule has 0 atom stereocenters. The second-order valence-corrected chi connectivity index (χ2v) is 31.7. The summed E-state index contributed by atoms with van der Waals surface area (Å²) in [5.41, 5.74) is 17.7. The maximum Gasteiger partial charge on any atom is 0.197 e. The summed E-state index contributed by atoms with van der Waals surface area (Å²) in [6.07, 6.45) is 4.54. The van der Waals surface area contributed by atoms with E-state index in [-0.39, 0.29) is 82.5 Å². The first-order valence-electron chi connectivity index (χ1n) is 34.8. The molecule has 20 heteroatoms. The van der Waals surface area contributed by atoms with Crippen LogP contribution in [0.2, 0.25) is 0 Å². The number of halogens is 6. The molecule has 0 fully saturated rings. The van der Waals surface area contributed by atoms with E-state index in [1.54, 1.807) is 97.1 Å². The van der Waals surface area contributed by atoms with E-state index in [1.165, 1.54) is 17.7 Å². The van der Waals surface area contributed by atoms with Crippen LogP contribution in [0.15, 0.2) is 240 Å². The van der Waals surface area contributed by atoms with Crippen molar-refractivity contribution in [3.8, 4) is 40.2 Å². The normalized spacial score (nSPS) is 12.4. The van der Waals surface area contributed by atoms with Gasteiger partial charge in [0.1, 0.15) is 62.9 Å². The molecule has 0 amide bonds. The molecule has 15 rings (SSSR count). The molecule has 14 nitrogen and oxygen atoms in total. The zero-order chi connectivity index (χ0) is 78.6. The van der Waals surface area contributed by atoms with Gasteiger partial charge in [-0.15, -0.1) is 0 Å². The summed E-state index contributed by atoms with van der Waals surface area (Å²) >= 11 is 19.6. The molecule has 562 valence electrons. The van der Waals surface area contributed by atoms with Gasteiger partial charge in [-0.2, -0.15) is 0 Å². The van der Waals surface area contributed by atoms with Gasteiger partial charge in [-0.1, -0.05) is 125 Å². The van der Waals surface area contributed by atoms with Gasteiger partial charge in [0.15, 0.2) is 28.9 Å². The molecule has 0 spiro atoms. The van der Waals surface area contributed by atoms with Crippen molar-refractivity contribution < 1.29 is 68.6 Å². The number of furan rings is 2. The van der Waals surface area contributed by atoms with E-state index in [9.17, 15) is 59.7 Å². The number of phenolic OH excluding ortho intramolecular Hbond substituents is 7. The van der Waals surface area contributed by atoms with Crippen LogP contribution in [0, 0.1) is 6.92 Å². The van der Waals surface area contributed by atoms with Gasteiger partial charge < -0.3 is 44.6 Å². The Kier molecular flexibility index (Phi) is 26.8. The fourth-order valence-corrected chi connectivity index (χ4v) is 17.0. The Morgan fingerprint density at radius 3 is 1.22 bits per heavy atom. The number of aromatic hydroxyl groups is 7. The Bertz CT molecular complexity index is 5670. The van der Waals surface area contributed by atoms with E-state index in [1.807, 2.05) is 121 Å². The zero-order valence-electron chi connectivity index (χ0n) is 60.0. The number of para-hydroxylation sites is 1. The highest BCUT2D eigenvalue weighted by Gasteiger charge is 2.32. The van der Waals surface area contributed by atoms with Gasteiger partial charge in [-0.3, -0.25) is 24.0 Å². The Morgan fingerprint density at radius 1 is 0.373 bits per heavy atom. The van der Waals surface area contributed by atoms with Gasteiger partial charge in [0.2, 0.25) is 0 Å². The number of Topliss-reactive ketones (excluding diaryl/α,β-unsaturated/α-hetero) is 3. The number of ketones is 5. The number of fused-ring (bicyclic) bond motifs is 5. The third kappa shape index (κ3) is 17.7. The number of carbonyl (C=O) groups is 5. The lowest BCUT2D eigenvalue weighted by molar-refractivity contribution is 0.103. The standard InChI is InChI=1S/3C18H14Br2O3.C18H16O3.C17H14O2.CH4/c1-9(2)18-15(11-5-3-4-6-14(11)23-18)16(21)10-7-12(19)17(22)13(20)8-10;1-3-14-16(11-5-4-9(2)6-15(11)23-14)17(21)10-7-12(19)18(22)13(20)8-10;1-2-9-5-10-3-4-12(21)8-13(10)16(9)17(22)11-6-14(19)18(23)15(20)7-11;1-2-11-9-13-5-8-15(20)10-16(13)17(11)18(21)12-3-6-14(19)7-4-12;1-11-10-13-4-2-3-5-15(13)16(11)17(19)12-6-8-14(18)9-7-12;/h3-9,22H,1-2H3;4-8,22H,3H2,1-2H3;3-4,6-8,21,23H,2,5H2,1H3;3-8,10,19-20H,2,9H2,1H3;2-9,18H,10H2,1H3;1H4. The number of allylic oxidation sites excluding steroid dienone is 6. The van der Waals surface area contributed by atoms with E-state index >= 15 is 0 Å². The summed E-state index contributed by atoms with van der Waals surface area (Å²) in [6.45, 7) is 14.0. The van der Waals surface area contributed by atoms with Gasteiger partial charge in [0.05, 0.1) is 38.0 Å². The minimum atomic E-state index is -0.125. The SMILES string of the molecule is C.CC(C)c1oc2ccccc2c1C(=O)c1cc(Br)c(O)c(Br)c1.CC1=C(C(=O)c2ccc(O)cc2)c2ccccc2C1.CCC1=C(C(=O)c2cc(Br)c(O)c(Br)c2)c2cc(O)ccc2C1.CCC1=C(C(=O)c2ccc(O)cc2)c2cc(O)ccc2C1.CCc1oc2cc(C)ccc2c1C(=O)c1cc(Br)c(O)c(Br)c1. The molecular formula is C90H76Br6O14. The highest BCUT2D eigenvalue weighted by molar-refractivity contribution is 9.12.